The van der Waals surface area contributed by atoms with Gasteiger partial charge in [-0.2, -0.15) is 4.31 Å². The van der Waals surface area contributed by atoms with Crippen molar-refractivity contribution in [1.29, 1.82) is 0 Å². The summed E-state index contributed by atoms with van der Waals surface area (Å²) in [6.45, 7) is 5.73. The monoisotopic (exact) mass is 495 g/mol. The highest BCUT2D eigenvalue weighted by Gasteiger charge is 2.30. The number of aromatic nitrogens is 1. The molecule has 1 amide bonds. The summed E-state index contributed by atoms with van der Waals surface area (Å²) in [4.78, 5) is 15.2. The third kappa shape index (κ3) is 4.58. The molecule has 5 rings (SSSR count). The Bertz CT molecular complexity index is 1320. The maximum absolute atomic E-state index is 13.2. The first-order chi connectivity index (χ1) is 16.8. The minimum atomic E-state index is -3.50. The predicted octanol–water partition coefficient (Wildman–Crippen LogP) is 4.25. The van der Waals surface area contributed by atoms with Crippen molar-refractivity contribution in [3.63, 3.8) is 0 Å². The van der Waals surface area contributed by atoms with Gasteiger partial charge in [0.2, 0.25) is 10.0 Å². The molecule has 1 aromatic heterocycles. The van der Waals surface area contributed by atoms with Crippen LogP contribution in [0.1, 0.15) is 52.2 Å². The van der Waals surface area contributed by atoms with E-state index >= 15 is 0 Å². The minimum Gasteiger partial charge on any atom is -0.489 e. The quantitative estimate of drug-likeness (QED) is 0.508. The molecule has 184 valence electrons. The van der Waals surface area contributed by atoms with Gasteiger partial charge in [0, 0.05) is 30.9 Å². The van der Waals surface area contributed by atoms with Gasteiger partial charge >= 0.3 is 0 Å². The van der Waals surface area contributed by atoms with Crippen LogP contribution in [0.3, 0.4) is 0 Å². The fraction of sp³-hybridized carbons (Fsp3) is 0.385. The number of fused-ring (bicyclic) bond motifs is 1. The lowest BCUT2D eigenvalue weighted by Crippen LogP contribution is -2.35. The molecule has 0 radical (unpaired) electrons. The second kappa shape index (κ2) is 9.47. The second-order valence-corrected chi connectivity index (χ2v) is 11.0. The molecule has 2 aliphatic rings. The molecule has 0 aliphatic carbocycles. The zero-order chi connectivity index (χ0) is 24.6. The second-order valence-electron chi connectivity index (χ2n) is 9.08. The van der Waals surface area contributed by atoms with Crippen LogP contribution in [0.4, 0.5) is 5.69 Å². The van der Waals surface area contributed by atoms with Crippen LogP contribution in [0.5, 0.6) is 5.75 Å². The molecule has 0 unspecified atom stereocenters. The fourth-order valence-corrected chi connectivity index (χ4v) is 6.29. The number of hydrogen-bond acceptors (Lipinski definition) is 6. The molecule has 0 saturated carbocycles. The molecule has 35 heavy (non-hydrogen) atoms. The van der Waals surface area contributed by atoms with Gasteiger partial charge < -0.3 is 14.2 Å². The Morgan fingerprint density at radius 1 is 1.03 bits per heavy atom. The maximum Gasteiger partial charge on any atom is 0.258 e. The van der Waals surface area contributed by atoms with Crippen LogP contribution in [-0.4, -0.2) is 43.4 Å². The van der Waals surface area contributed by atoms with Gasteiger partial charge in [0.25, 0.3) is 5.91 Å². The number of anilines is 1. The van der Waals surface area contributed by atoms with Gasteiger partial charge in [-0.3, -0.25) is 4.79 Å². The van der Waals surface area contributed by atoms with E-state index in [1.807, 2.05) is 13.8 Å². The molecule has 8 nitrogen and oxygen atoms in total. The largest absolute Gasteiger partial charge is 0.489 e. The van der Waals surface area contributed by atoms with Crippen LogP contribution < -0.4 is 9.64 Å². The molecule has 2 aromatic carbocycles. The predicted molar refractivity (Wildman–Crippen MR) is 131 cm³/mol. The van der Waals surface area contributed by atoms with Crippen LogP contribution in [0.15, 0.2) is 51.9 Å². The van der Waals surface area contributed by atoms with E-state index in [1.165, 1.54) is 0 Å². The SMILES string of the molecule is Cc1noc(C)c1COc1ccc(C(=O)N2CCc3cc(S(=O)(=O)N4CCCCC4)ccc32)cc1. The normalized spacial score (nSPS) is 16.3. The number of hydrogen-bond donors (Lipinski definition) is 0. The summed E-state index contributed by atoms with van der Waals surface area (Å²) in [5.41, 5.74) is 3.92. The molecule has 0 atom stereocenters. The molecule has 0 bridgehead atoms. The number of carbonyl (C=O) groups excluding carboxylic acids is 1. The van der Waals surface area contributed by atoms with Gasteiger partial charge in [0.15, 0.2) is 0 Å². The van der Waals surface area contributed by atoms with E-state index in [0.29, 0.717) is 48.9 Å². The number of benzene rings is 2. The van der Waals surface area contributed by atoms with Gasteiger partial charge in [-0.05, 0) is 81.1 Å². The lowest BCUT2D eigenvalue weighted by Gasteiger charge is -2.26. The lowest BCUT2D eigenvalue weighted by atomic mass is 10.1. The minimum absolute atomic E-state index is 0.118. The summed E-state index contributed by atoms with van der Waals surface area (Å²) in [5.74, 6) is 1.26. The summed E-state index contributed by atoms with van der Waals surface area (Å²) >= 11 is 0. The van der Waals surface area contributed by atoms with E-state index in [0.717, 1.165) is 47.5 Å². The van der Waals surface area contributed by atoms with Crippen LogP contribution in [-0.2, 0) is 23.1 Å². The highest BCUT2D eigenvalue weighted by molar-refractivity contribution is 7.89. The zero-order valence-corrected chi connectivity index (χ0v) is 20.8. The first kappa shape index (κ1) is 23.6. The van der Waals surface area contributed by atoms with Gasteiger partial charge in [-0.15, -0.1) is 0 Å². The fourth-order valence-electron chi connectivity index (χ4n) is 4.72. The number of carbonyl (C=O) groups is 1. The Morgan fingerprint density at radius 2 is 1.77 bits per heavy atom. The van der Waals surface area contributed by atoms with Crippen LogP contribution in [0, 0.1) is 13.8 Å². The van der Waals surface area contributed by atoms with Gasteiger partial charge in [-0.25, -0.2) is 8.42 Å². The highest BCUT2D eigenvalue weighted by Crippen LogP contribution is 2.33. The number of rotatable bonds is 6. The van der Waals surface area contributed by atoms with Crippen molar-refractivity contribution in [3.05, 3.63) is 70.6 Å². The Balaban J connectivity index is 1.28. The number of ether oxygens (including phenoxy) is 1. The maximum atomic E-state index is 13.2. The number of sulfonamides is 1. The van der Waals surface area contributed by atoms with Crippen LogP contribution >= 0.6 is 0 Å². The number of nitrogens with zero attached hydrogens (tertiary/aromatic N) is 3. The molecule has 1 saturated heterocycles. The van der Waals surface area contributed by atoms with Gasteiger partial charge in [0.05, 0.1) is 16.2 Å². The van der Waals surface area contributed by atoms with E-state index in [4.69, 9.17) is 9.26 Å². The van der Waals surface area contributed by atoms with E-state index in [9.17, 15) is 13.2 Å². The average molecular weight is 496 g/mol. The van der Waals surface area contributed by atoms with Crippen molar-refractivity contribution < 1.29 is 22.5 Å². The van der Waals surface area contributed by atoms with E-state index < -0.39 is 10.0 Å². The topological polar surface area (TPSA) is 93.0 Å². The smallest absolute Gasteiger partial charge is 0.258 e. The highest BCUT2D eigenvalue weighted by atomic mass is 32.2. The van der Waals surface area contributed by atoms with Crippen molar-refractivity contribution in [2.75, 3.05) is 24.5 Å². The Labute approximate surface area is 205 Å². The summed E-state index contributed by atoms with van der Waals surface area (Å²) in [7, 11) is -3.50. The standard InChI is InChI=1S/C26H29N3O5S/c1-18-24(19(2)34-27-18)17-33-22-8-6-20(7-9-22)26(30)29-15-12-21-16-23(10-11-25(21)29)35(31,32)28-13-4-3-5-14-28/h6-11,16H,3-5,12-15,17H2,1-2H3. The Kier molecular flexibility index (Phi) is 6.37. The van der Waals surface area contributed by atoms with Crippen molar-refractivity contribution in [2.24, 2.45) is 0 Å². The van der Waals surface area contributed by atoms with Crippen molar-refractivity contribution in [3.8, 4) is 5.75 Å². The molecule has 9 heteroatoms. The van der Waals surface area contributed by atoms with Gasteiger partial charge in [-0.1, -0.05) is 11.6 Å². The van der Waals surface area contributed by atoms with Crippen molar-refractivity contribution >= 4 is 21.6 Å². The first-order valence-electron chi connectivity index (χ1n) is 11.9. The number of aryl methyl sites for hydroxylation is 2. The van der Waals surface area contributed by atoms with Crippen molar-refractivity contribution in [1.82, 2.24) is 9.46 Å². The van der Waals surface area contributed by atoms with E-state index in [2.05, 4.69) is 5.16 Å². The number of amides is 1. The van der Waals surface area contributed by atoms with E-state index in [-0.39, 0.29) is 5.91 Å². The summed E-state index contributed by atoms with van der Waals surface area (Å²) in [6, 6.07) is 12.2. The molecule has 2 aliphatic heterocycles. The Hall–Kier alpha value is -3.17. The Morgan fingerprint density at radius 3 is 2.46 bits per heavy atom. The van der Waals surface area contributed by atoms with Crippen LogP contribution in [0.2, 0.25) is 0 Å². The zero-order valence-electron chi connectivity index (χ0n) is 20.0. The van der Waals surface area contributed by atoms with E-state index in [1.54, 1.807) is 51.7 Å². The molecule has 1 fully saturated rings. The molecule has 0 spiro atoms. The summed E-state index contributed by atoms with van der Waals surface area (Å²) in [6.07, 6.45) is 3.50. The van der Waals surface area contributed by atoms with Gasteiger partial charge in [0.1, 0.15) is 18.1 Å². The molecule has 3 heterocycles. The molecular weight excluding hydrogens is 466 g/mol. The van der Waals surface area contributed by atoms with Crippen molar-refractivity contribution in [2.45, 2.75) is 51.0 Å². The summed E-state index contributed by atoms with van der Waals surface area (Å²) in [5, 5.41) is 3.93. The lowest BCUT2D eigenvalue weighted by molar-refractivity contribution is 0.0989. The molecular formula is C26H29N3O5S. The average Bonchev–Trinajstić information content (AvgIpc) is 3.45. The van der Waals surface area contributed by atoms with Crippen LogP contribution in [0.25, 0.3) is 0 Å². The first-order valence-corrected chi connectivity index (χ1v) is 13.4. The number of piperidine rings is 1. The third-order valence-electron chi connectivity index (χ3n) is 6.81. The third-order valence-corrected chi connectivity index (χ3v) is 8.70. The molecule has 0 N–H and O–H groups in total. The molecule has 3 aromatic rings. The summed E-state index contributed by atoms with van der Waals surface area (Å²) < 4.78 is 38.7.